The van der Waals surface area contributed by atoms with E-state index in [0.717, 1.165) is 58.3 Å². The molecule has 0 aromatic rings. The van der Waals surface area contributed by atoms with E-state index in [1.165, 1.54) is 0 Å². The highest BCUT2D eigenvalue weighted by atomic mass is 16.3. The van der Waals surface area contributed by atoms with E-state index >= 15 is 0 Å². The Morgan fingerprint density at radius 2 is 2.33 bits per heavy atom. The van der Waals surface area contributed by atoms with Crippen molar-refractivity contribution in [3.63, 3.8) is 0 Å². The van der Waals surface area contributed by atoms with Crippen molar-refractivity contribution < 1.29 is 9.90 Å². The fourth-order valence-electron chi connectivity index (χ4n) is 3.34. The molecule has 2 fully saturated rings. The van der Waals surface area contributed by atoms with Gasteiger partial charge in [-0.2, -0.15) is 0 Å². The van der Waals surface area contributed by atoms with Crippen LogP contribution in [0.2, 0.25) is 0 Å². The van der Waals surface area contributed by atoms with E-state index in [1.807, 2.05) is 4.90 Å². The Hall–Kier alpha value is -0.610. The first-order valence-corrected chi connectivity index (χ1v) is 7.33. The fourth-order valence-corrected chi connectivity index (χ4v) is 3.34. The van der Waals surface area contributed by atoms with Gasteiger partial charge in [0.15, 0.2) is 0 Å². The Morgan fingerprint density at radius 3 is 2.94 bits per heavy atom. The fraction of sp³-hybridized carbons (Fsp3) is 0.929. The first-order chi connectivity index (χ1) is 8.72. The van der Waals surface area contributed by atoms with Gasteiger partial charge in [-0.15, -0.1) is 0 Å². The summed E-state index contributed by atoms with van der Waals surface area (Å²) in [7, 11) is 0. The molecule has 2 heterocycles. The monoisotopic (exact) mass is 254 g/mol. The third-order valence-corrected chi connectivity index (χ3v) is 4.67. The average Bonchev–Trinajstić information content (AvgIpc) is 2.47. The Morgan fingerprint density at radius 1 is 1.50 bits per heavy atom. The summed E-state index contributed by atoms with van der Waals surface area (Å²) < 4.78 is 0. The van der Waals surface area contributed by atoms with E-state index in [4.69, 9.17) is 0 Å². The minimum absolute atomic E-state index is 0.185. The van der Waals surface area contributed by atoms with Crippen molar-refractivity contribution in [2.45, 2.75) is 39.0 Å². The van der Waals surface area contributed by atoms with Crippen molar-refractivity contribution in [3.8, 4) is 0 Å². The standard InChI is InChI=1S/C14H26N2O2/c1-2-14(6-4-7-15-11-14)13(18)16-8-3-5-12(9-16)10-17/h12,15,17H,2-11H2,1H3. The molecule has 4 heteroatoms. The van der Waals surface area contributed by atoms with Crippen molar-refractivity contribution in [1.29, 1.82) is 0 Å². The number of nitrogens with one attached hydrogen (secondary N) is 1. The molecule has 18 heavy (non-hydrogen) atoms. The van der Waals surface area contributed by atoms with E-state index in [-0.39, 0.29) is 17.9 Å². The lowest BCUT2D eigenvalue weighted by Crippen LogP contribution is -2.54. The summed E-state index contributed by atoms with van der Waals surface area (Å²) >= 11 is 0. The van der Waals surface area contributed by atoms with Gasteiger partial charge in [-0.1, -0.05) is 6.92 Å². The Kier molecular flexibility index (Phi) is 4.62. The van der Waals surface area contributed by atoms with Crippen LogP contribution >= 0.6 is 0 Å². The van der Waals surface area contributed by atoms with Crippen LogP contribution in [0, 0.1) is 11.3 Å². The van der Waals surface area contributed by atoms with Crippen molar-refractivity contribution >= 4 is 5.91 Å². The molecular weight excluding hydrogens is 228 g/mol. The van der Waals surface area contributed by atoms with Gasteiger partial charge in [-0.05, 0) is 44.6 Å². The third-order valence-electron chi connectivity index (χ3n) is 4.67. The molecule has 104 valence electrons. The van der Waals surface area contributed by atoms with Gasteiger partial charge in [0, 0.05) is 26.2 Å². The van der Waals surface area contributed by atoms with Gasteiger partial charge in [0.05, 0.1) is 5.41 Å². The van der Waals surface area contributed by atoms with Gasteiger partial charge in [0.2, 0.25) is 5.91 Å². The van der Waals surface area contributed by atoms with Gasteiger partial charge < -0.3 is 15.3 Å². The van der Waals surface area contributed by atoms with E-state index in [1.54, 1.807) is 0 Å². The SMILES string of the molecule is CCC1(C(=O)N2CCCC(CO)C2)CCCNC1. The molecule has 0 aromatic carbocycles. The lowest BCUT2D eigenvalue weighted by molar-refractivity contribution is -0.145. The normalized spacial score (nSPS) is 33.4. The molecule has 2 atom stereocenters. The zero-order valence-corrected chi connectivity index (χ0v) is 11.5. The number of amides is 1. The Bertz CT molecular complexity index is 288. The molecule has 0 radical (unpaired) electrons. The number of nitrogens with zero attached hydrogens (tertiary/aromatic N) is 1. The Balaban J connectivity index is 2.04. The molecule has 0 saturated carbocycles. The van der Waals surface area contributed by atoms with Gasteiger partial charge in [0.25, 0.3) is 0 Å². The number of hydrogen-bond donors (Lipinski definition) is 2. The molecule has 0 aromatic heterocycles. The van der Waals surface area contributed by atoms with Crippen molar-refractivity contribution in [2.24, 2.45) is 11.3 Å². The third kappa shape index (κ3) is 2.69. The summed E-state index contributed by atoms with van der Waals surface area (Å²) in [5.41, 5.74) is -0.185. The number of carbonyl (C=O) groups excluding carboxylic acids is 1. The minimum Gasteiger partial charge on any atom is -0.396 e. The maximum atomic E-state index is 12.8. The predicted octanol–water partition coefficient (Wildman–Crippen LogP) is 0.997. The van der Waals surface area contributed by atoms with Crippen LogP contribution in [-0.2, 0) is 4.79 Å². The first kappa shape index (κ1) is 13.8. The molecular formula is C14H26N2O2. The van der Waals surface area contributed by atoms with Crippen LogP contribution in [-0.4, -0.2) is 48.7 Å². The van der Waals surface area contributed by atoms with Crippen molar-refractivity contribution in [3.05, 3.63) is 0 Å². The van der Waals surface area contributed by atoms with Gasteiger partial charge in [-0.3, -0.25) is 4.79 Å². The highest BCUT2D eigenvalue weighted by Crippen LogP contribution is 2.33. The van der Waals surface area contributed by atoms with Crippen LogP contribution in [0.4, 0.5) is 0 Å². The van der Waals surface area contributed by atoms with Crippen LogP contribution in [0.1, 0.15) is 39.0 Å². The highest BCUT2D eigenvalue weighted by molar-refractivity contribution is 5.83. The summed E-state index contributed by atoms with van der Waals surface area (Å²) in [6.45, 7) is 5.81. The zero-order chi connectivity index (χ0) is 13.0. The molecule has 1 amide bonds. The summed E-state index contributed by atoms with van der Waals surface area (Å²) in [5.74, 6) is 0.600. The van der Waals surface area contributed by atoms with Crippen LogP contribution in [0.25, 0.3) is 0 Å². The predicted molar refractivity (Wildman–Crippen MR) is 71.2 cm³/mol. The lowest BCUT2D eigenvalue weighted by Gasteiger charge is -2.42. The minimum atomic E-state index is -0.185. The number of rotatable bonds is 3. The molecule has 0 spiro atoms. The van der Waals surface area contributed by atoms with Crippen molar-refractivity contribution in [1.82, 2.24) is 10.2 Å². The molecule has 2 aliphatic rings. The van der Waals surface area contributed by atoms with Crippen LogP contribution in [0.3, 0.4) is 0 Å². The summed E-state index contributed by atoms with van der Waals surface area (Å²) in [6.07, 6.45) is 5.10. The van der Waals surface area contributed by atoms with E-state index < -0.39 is 0 Å². The van der Waals surface area contributed by atoms with Gasteiger partial charge in [0.1, 0.15) is 0 Å². The zero-order valence-electron chi connectivity index (χ0n) is 11.5. The highest BCUT2D eigenvalue weighted by Gasteiger charge is 2.41. The molecule has 4 nitrogen and oxygen atoms in total. The second kappa shape index (κ2) is 6.02. The second-order valence-electron chi connectivity index (χ2n) is 5.86. The molecule has 2 saturated heterocycles. The number of aliphatic hydroxyl groups excluding tert-OH is 1. The molecule has 2 N–H and O–H groups in total. The van der Waals surface area contributed by atoms with Crippen LogP contribution < -0.4 is 5.32 Å². The number of hydrogen-bond acceptors (Lipinski definition) is 3. The Labute approximate surface area is 110 Å². The quantitative estimate of drug-likeness (QED) is 0.790. The lowest BCUT2D eigenvalue weighted by atomic mass is 9.76. The number of piperidine rings is 2. The second-order valence-corrected chi connectivity index (χ2v) is 5.86. The van der Waals surface area contributed by atoms with E-state index in [2.05, 4.69) is 12.2 Å². The first-order valence-electron chi connectivity index (χ1n) is 7.33. The molecule has 2 aliphatic heterocycles. The van der Waals surface area contributed by atoms with Crippen LogP contribution in [0.5, 0.6) is 0 Å². The van der Waals surface area contributed by atoms with Gasteiger partial charge in [-0.25, -0.2) is 0 Å². The number of likely N-dealkylation sites (tertiary alicyclic amines) is 1. The van der Waals surface area contributed by atoms with E-state index in [0.29, 0.717) is 5.91 Å². The van der Waals surface area contributed by atoms with Gasteiger partial charge >= 0.3 is 0 Å². The molecule has 0 bridgehead atoms. The molecule has 2 unspecified atom stereocenters. The largest absolute Gasteiger partial charge is 0.396 e. The summed E-state index contributed by atoms with van der Waals surface area (Å²) in [5, 5.41) is 12.6. The topological polar surface area (TPSA) is 52.6 Å². The summed E-state index contributed by atoms with van der Waals surface area (Å²) in [4.78, 5) is 14.8. The smallest absolute Gasteiger partial charge is 0.230 e. The maximum absolute atomic E-state index is 12.8. The summed E-state index contributed by atoms with van der Waals surface area (Å²) in [6, 6.07) is 0. The number of aliphatic hydroxyl groups is 1. The molecule has 2 rings (SSSR count). The molecule has 0 aliphatic carbocycles. The van der Waals surface area contributed by atoms with E-state index in [9.17, 15) is 9.90 Å². The number of carbonyl (C=O) groups is 1. The van der Waals surface area contributed by atoms with Crippen LogP contribution in [0.15, 0.2) is 0 Å². The maximum Gasteiger partial charge on any atom is 0.230 e. The van der Waals surface area contributed by atoms with Crippen molar-refractivity contribution in [2.75, 3.05) is 32.8 Å². The average molecular weight is 254 g/mol.